The Hall–Kier alpha value is -1.22. The molecule has 1 aromatic carbocycles. The van der Waals surface area contributed by atoms with Crippen LogP contribution in [0.5, 0.6) is 0 Å². The van der Waals surface area contributed by atoms with Crippen molar-refractivity contribution in [2.75, 3.05) is 30.9 Å². The van der Waals surface area contributed by atoms with Crippen LogP contribution in [-0.2, 0) is 4.74 Å². The highest BCUT2D eigenvalue weighted by Crippen LogP contribution is 2.29. The van der Waals surface area contributed by atoms with Crippen LogP contribution in [0.3, 0.4) is 0 Å². The Morgan fingerprint density at radius 2 is 1.94 bits per heavy atom. The zero-order valence-corrected chi connectivity index (χ0v) is 11.9. The van der Waals surface area contributed by atoms with Crippen LogP contribution < -0.4 is 10.2 Å². The summed E-state index contributed by atoms with van der Waals surface area (Å²) < 4.78 is 5.96. The number of hydrogen-bond acceptors (Lipinski definition) is 3. The van der Waals surface area contributed by atoms with Gasteiger partial charge in [-0.15, -0.1) is 0 Å². The maximum absolute atomic E-state index is 5.96. The summed E-state index contributed by atoms with van der Waals surface area (Å²) >= 11 is 0. The van der Waals surface area contributed by atoms with Crippen molar-refractivity contribution in [2.24, 2.45) is 0 Å². The summed E-state index contributed by atoms with van der Waals surface area (Å²) in [6.07, 6.45) is 2.64. The van der Waals surface area contributed by atoms with Gasteiger partial charge in [-0.3, -0.25) is 0 Å². The molecule has 0 saturated carbocycles. The first kappa shape index (κ1) is 13.2. The minimum atomic E-state index is 0.0567. The molecule has 0 aromatic heterocycles. The molecule has 1 atom stereocenters. The van der Waals surface area contributed by atoms with E-state index in [1.807, 2.05) is 0 Å². The summed E-state index contributed by atoms with van der Waals surface area (Å²) in [6, 6.07) is 8.49. The van der Waals surface area contributed by atoms with Gasteiger partial charge in [0, 0.05) is 32.0 Å². The molecule has 0 bridgehead atoms. The van der Waals surface area contributed by atoms with Gasteiger partial charge >= 0.3 is 0 Å². The van der Waals surface area contributed by atoms with Crippen molar-refractivity contribution >= 4 is 11.4 Å². The Morgan fingerprint density at radius 3 is 2.44 bits per heavy atom. The molecule has 1 aromatic rings. The van der Waals surface area contributed by atoms with Crippen molar-refractivity contribution < 1.29 is 4.74 Å². The zero-order chi connectivity index (χ0) is 13.2. The van der Waals surface area contributed by atoms with Gasteiger partial charge in [0.1, 0.15) is 0 Å². The molecule has 1 aliphatic heterocycles. The van der Waals surface area contributed by atoms with Crippen LogP contribution in [0.2, 0.25) is 0 Å². The zero-order valence-electron chi connectivity index (χ0n) is 11.9. The molecule has 2 rings (SSSR count). The van der Waals surface area contributed by atoms with Crippen molar-refractivity contribution in [1.82, 2.24) is 0 Å². The average molecular weight is 248 g/mol. The fourth-order valence-corrected chi connectivity index (χ4v) is 2.33. The van der Waals surface area contributed by atoms with E-state index in [2.05, 4.69) is 62.4 Å². The van der Waals surface area contributed by atoms with E-state index >= 15 is 0 Å². The predicted octanol–water partition coefficient (Wildman–Crippen LogP) is 3.12. The van der Waals surface area contributed by atoms with Crippen molar-refractivity contribution in [1.29, 1.82) is 0 Å². The second-order valence-corrected chi connectivity index (χ2v) is 5.86. The molecule has 1 aliphatic rings. The lowest BCUT2D eigenvalue weighted by Crippen LogP contribution is -2.24. The van der Waals surface area contributed by atoms with Crippen molar-refractivity contribution in [2.45, 2.75) is 38.4 Å². The molecule has 1 saturated heterocycles. The van der Waals surface area contributed by atoms with Gasteiger partial charge in [0.2, 0.25) is 0 Å². The number of hydrogen-bond donors (Lipinski definition) is 1. The molecule has 0 radical (unpaired) electrons. The van der Waals surface area contributed by atoms with E-state index in [9.17, 15) is 0 Å². The highest BCUT2D eigenvalue weighted by molar-refractivity contribution is 5.54. The lowest BCUT2D eigenvalue weighted by Gasteiger charge is -2.20. The molecule has 100 valence electrons. The number of anilines is 2. The number of nitrogens with zero attached hydrogens (tertiary/aromatic N) is 1. The van der Waals surface area contributed by atoms with E-state index in [1.165, 1.54) is 5.69 Å². The third-order valence-electron chi connectivity index (χ3n) is 3.47. The van der Waals surface area contributed by atoms with Gasteiger partial charge in [-0.05, 0) is 51.0 Å². The molecule has 3 heteroatoms. The molecular weight excluding hydrogens is 224 g/mol. The quantitative estimate of drug-likeness (QED) is 0.886. The van der Waals surface area contributed by atoms with Gasteiger partial charge in [0.15, 0.2) is 0 Å². The van der Waals surface area contributed by atoms with E-state index < -0.39 is 0 Å². The maximum Gasteiger partial charge on any atom is 0.0755 e. The molecule has 0 spiro atoms. The number of ether oxygens (including phenoxy) is 1. The summed E-state index contributed by atoms with van der Waals surface area (Å²) in [7, 11) is 4.10. The third-order valence-corrected chi connectivity index (χ3v) is 3.47. The van der Waals surface area contributed by atoms with E-state index in [0.29, 0.717) is 6.10 Å². The van der Waals surface area contributed by atoms with Crippen molar-refractivity contribution in [3.63, 3.8) is 0 Å². The molecule has 0 amide bonds. The molecule has 1 heterocycles. The van der Waals surface area contributed by atoms with Gasteiger partial charge in [0.05, 0.1) is 11.7 Å². The van der Waals surface area contributed by atoms with Crippen LogP contribution in [0.1, 0.15) is 26.7 Å². The first-order valence-electron chi connectivity index (χ1n) is 6.65. The van der Waals surface area contributed by atoms with E-state index in [4.69, 9.17) is 4.74 Å². The number of benzene rings is 1. The number of rotatable bonds is 4. The molecule has 1 fully saturated rings. The van der Waals surface area contributed by atoms with Gasteiger partial charge in [-0.1, -0.05) is 0 Å². The predicted molar refractivity (Wildman–Crippen MR) is 77.4 cm³/mol. The highest BCUT2D eigenvalue weighted by atomic mass is 16.5. The van der Waals surface area contributed by atoms with Crippen molar-refractivity contribution in [3.05, 3.63) is 24.3 Å². The molecular formula is C15H24N2O. The van der Waals surface area contributed by atoms with Crippen LogP contribution in [-0.4, -0.2) is 32.3 Å². The first-order valence-corrected chi connectivity index (χ1v) is 6.65. The lowest BCUT2D eigenvalue weighted by molar-refractivity contribution is -0.00910. The smallest absolute Gasteiger partial charge is 0.0755 e. The Kier molecular flexibility index (Phi) is 3.81. The summed E-state index contributed by atoms with van der Waals surface area (Å²) in [6.45, 7) is 5.22. The van der Waals surface area contributed by atoms with Crippen LogP contribution in [0.25, 0.3) is 0 Å². The fraction of sp³-hybridized carbons (Fsp3) is 0.600. The van der Waals surface area contributed by atoms with E-state index in [0.717, 1.165) is 25.1 Å². The normalized spacial score (nSPS) is 21.9. The van der Waals surface area contributed by atoms with Crippen LogP contribution >= 0.6 is 0 Å². The average Bonchev–Trinajstić information content (AvgIpc) is 2.67. The summed E-state index contributed by atoms with van der Waals surface area (Å²) in [5.41, 5.74) is 2.44. The molecule has 3 nitrogen and oxygen atoms in total. The monoisotopic (exact) mass is 248 g/mol. The van der Waals surface area contributed by atoms with Gasteiger partial charge in [-0.2, -0.15) is 0 Å². The van der Waals surface area contributed by atoms with Gasteiger partial charge in [-0.25, -0.2) is 0 Å². The second kappa shape index (κ2) is 5.19. The minimum Gasteiger partial charge on any atom is -0.382 e. The topological polar surface area (TPSA) is 24.5 Å². The molecule has 0 aliphatic carbocycles. The summed E-state index contributed by atoms with van der Waals surface area (Å²) in [4.78, 5) is 2.10. The second-order valence-electron chi connectivity index (χ2n) is 5.86. The molecule has 1 N–H and O–H groups in total. The SMILES string of the molecule is CN(C)c1ccc(NCC2CCC(C)(C)O2)cc1. The lowest BCUT2D eigenvalue weighted by atomic mass is 10.1. The fourth-order valence-electron chi connectivity index (χ4n) is 2.33. The van der Waals surface area contributed by atoms with Crippen LogP contribution in [0, 0.1) is 0 Å². The van der Waals surface area contributed by atoms with Crippen LogP contribution in [0.4, 0.5) is 11.4 Å². The molecule has 18 heavy (non-hydrogen) atoms. The van der Waals surface area contributed by atoms with Gasteiger partial charge < -0.3 is 15.0 Å². The molecule has 1 unspecified atom stereocenters. The van der Waals surface area contributed by atoms with E-state index in [-0.39, 0.29) is 5.60 Å². The largest absolute Gasteiger partial charge is 0.382 e. The Balaban J connectivity index is 1.84. The van der Waals surface area contributed by atoms with Crippen LogP contribution in [0.15, 0.2) is 24.3 Å². The Bertz CT molecular complexity index is 384. The van der Waals surface area contributed by atoms with Crippen molar-refractivity contribution in [3.8, 4) is 0 Å². The van der Waals surface area contributed by atoms with Gasteiger partial charge in [0.25, 0.3) is 0 Å². The minimum absolute atomic E-state index is 0.0567. The first-order chi connectivity index (χ1) is 8.46. The highest BCUT2D eigenvalue weighted by Gasteiger charge is 2.31. The maximum atomic E-state index is 5.96. The summed E-state index contributed by atoms with van der Waals surface area (Å²) in [5, 5.41) is 3.45. The number of nitrogens with one attached hydrogen (secondary N) is 1. The standard InChI is InChI=1S/C15H24N2O/c1-15(2)10-9-14(18-15)11-16-12-5-7-13(8-6-12)17(3)4/h5-8,14,16H,9-11H2,1-4H3. The Labute approximate surface area is 110 Å². The summed E-state index contributed by atoms with van der Waals surface area (Å²) in [5.74, 6) is 0. The van der Waals surface area contributed by atoms with E-state index in [1.54, 1.807) is 0 Å². The third kappa shape index (κ3) is 3.39. The Morgan fingerprint density at radius 1 is 1.28 bits per heavy atom.